The van der Waals surface area contributed by atoms with Gasteiger partial charge in [0.2, 0.25) is 0 Å². The smallest absolute Gasteiger partial charge is 0.255 e. The third kappa shape index (κ3) is 1.70. The monoisotopic (exact) mass is 308 g/mol. The molecule has 6 heteroatoms. The number of carbonyl (C=O) groups is 2. The fourth-order valence-electron chi connectivity index (χ4n) is 4.16. The first kappa shape index (κ1) is 15.1. The maximum absolute atomic E-state index is 13.9. The van der Waals surface area contributed by atoms with Crippen molar-refractivity contribution >= 4 is 17.4 Å². The Labute approximate surface area is 127 Å². The van der Waals surface area contributed by atoms with Gasteiger partial charge in [-0.05, 0) is 36.3 Å². The third-order valence-corrected chi connectivity index (χ3v) is 5.65. The Morgan fingerprint density at radius 3 is 2.59 bits per heavy atom. The van der Waals surface area contributed by atoms with Crippen LogP contribution in [0.1, 0.15) is 33.1 Å². The summed E-state index contributed by atoms with van der Waals surface area (Å²) in [4.78, 5) is 25.3. The zero-order chi connectivity index (χ0) is 16.3. The number of fused-ring (bicyclic) bond motifs is 2. The Morgan fingerprint density at radius 2 is 2.05 bits per heavy atom. The van der Waals surface area contributed by atoms with Gasteiger partial charge < -0.3 is 0 Å². The molecule has 3 rings (SSSR count). The Hall–Kier alpha value is -1.82. The number of nitrogens with zero attached hydrogens (tertiary/aromatic N) is 1. The van der Waals surface area contributed by atoms with Crippen molar-refractivity contribution < 1.29 is 18.4 Å². The van der Waals surface area contributed by atoms with Crippen LogP contribution in [0.15, 0.2) is 18.2 Å². The number of benzene rings is 1. The van der Waals surface area contributed by atoms with Crippen molar-refractivity contribution in [2.45, 2.75) is 33.1 Å². The minimum atomic E-state index is -1.23. The lowest BCUT2D eigenvalue weighted by molar-refractivity contribution is -0.143. The number of halogens is 2. The fraction of sp³-hybridized carbons (Fsp3) is 0.500. The largest absolute Gasteiger partial charge is 0.298 e. The number of hydrogen-bond donors (Lipinski definition) is 1. The normalized spacial score (nSPS) is 29.0. The molecule has 22 heavy (non-hydrogen) atoms. The first-order chi connectivity index (χ1) is 10.2. The molecule has 0 heterocycles. The maximum Gasteiger partial charge on any atom is 0.255 e. The summed E-state index contributed by atoms with van der Waals surface area (Å²) < 4.78 is 27.2. The van der Waals surface area contributed by atoms with Crippen molar-refractivity contribution in [3.05, 3.63) is 29.8 Å². The van der Waals surface area contributed by atoms with Gasteiger partial charge in [-0.25, -0.2) is 19.6 Å². The first-order valence-electron chi connectivity index (χ1n) is 7.29. The molecule has 0 aromatic heterocycles. The highest BCUT2D eigenvalue weighted by molar-refractivity contribution is 6.14. The molecular weight excluding hydrogens is 290 g/mol. The van der Waals surface area contributed by atoms with E-state index in [1.165, 1.54) is 0 Å². The van der Waals surface area contributed by atoms with Crippen molar-refractivity contribution in [3.63, 3.8) is 0 Å². The molecule has 2 fully saturated rings. The lowest BCUT2D eigenvalue weighted by Crippen LogP contribution is -2.54. The van der Waals surface area contributed by atoms with E-state index in [1.54, 1.807) is 0 Å². The molecule has 1 aromatic carbocycles. The van der Waals surface area contributed by atoms with Crippen LogP contribution < -0.4 is 10.9 Å². The topological polar surface area (TPSA) is 63.4 Å². The van der Waals surface area contributed by atoms with Gasteiger partial charge in [-0.2, -0.15) is 0 Å². The predicted molar refractivity (Wildman–Crippen MR) is 76.6 cm³/mol. The van der Waals surface area contributed by atoms with Crippen molar-refractivity contribution in [1.29, 1.82) is 0 Å². The Morgan fingerprint density at radius 1 is 1.36 bits per heavy atom. The van der Waals surface area contributed by atoms with Gasteiger partial charge in [-0.1, -0.05) is 13.8 Å². The van der Waals surface area contributed by atoms with Crippen LogP contribution in [0.3, 0.4) is 0 Å². The number of amides is 1. The molecule has 2 atom stereocenters. The SMILES string of the molecule is CC1(C)C2CCC1(C(=O)N(N)c1cc(F)ccc1F)C(=O)C2. The van der Waals surface area contributed by atoms with Crippen LogP contribution in [0, 0.1) is 28.4 Å². The van der Waals surface area contributed by atoms with Crippen molar-refractivity contribution in [1.82, 2.24) is 0 Å². The molecule has 118 valence electrons. The zero-order valence-electron chi connectivity index (χ0n) is 12.5. The average molecular weight is 308 g/mol. The van der Waals surface area contributed by atoms with Crippen LogP contribution in [-0.2, 0) is 9.59 Å². The predicted octanol–water partition coefficient (Wildman–Crippen LogP) is 2.57. The van der Waals surface area contributed by atoms with E-state index in [4.69, 9.17) is 5.84 Å². The van der Waals surface area contributed by atoms with Crippen molar-refractivity contribution in [2.24, 2.45) is 22.6 Å². The zero-order valence-corrected chi connectivity index (χ0v) is 12.5. The Bertz CT molecular complexity index is 674. The molecule has 2 aliphatic rings. The summed E-state index contributed by atoms with van der Waals surface area (Å²) in [7, 11) is 0. The van der Waals surface area contributed by atoms with Crippen molar-refractivity contribution in [3.8, 4) is 0 Å². The summed E-state index contributed by atoms with van der Waals surface area (Å²) in [5, 5.41) is 0.603. The number of nitrogens with two attached hydrogens (primary N) is 1. The summed E-state index contributed by atoms with van der Waals surface area (Å²) in [5.41, 5.74) is -2.10. The average Bonchev–Trinajstić information content (AvgIpc) is 2.83. The Kier molecular flexibility index (Phi) is 3.15. The van der Waals surface area contributed by atoms with Crippen LogP contribution in [0.5, 0.6) is 0 Å². The molecule has 2 aliphatic carbocycles. The maximum atomic E-state index is 13.9. The summed E-state index contributed by atoms with van der Waals surface area (Å²) in [5.74, 6) is 3.62. The number of rotatable bonds is 2. The molecule has 2 unspecified atom stereocenters. The minimum Gasteiger partial charge on any atom is -0.298 e. The highest BCUT2D eigenvalue weighted by Crippen LogP contribution is 2.64. The molecule has 2 bridgehead atoms. The van der Waals surface area contributed by atoms with Gasteiger partial charge in [-0.3, -0.25) is 9.59 Å². The summed E-state index contributed by atoms with van der Waals surface area (Å²) in [6.07, 6.45) is 1.52. The number of carbonyl (C=O) groups excluding carboxylic acids is 2. The van der Waals surface area contributed by atoms with E-state index in [0.29, 0.717) is 17.9 Å². The summed E-state index contributed by atoms with van der Waals surface area (Å²) in [6, 6.07) is 2.73. The van der Waals surface area contributed by atoms with E-state index >= 15 is 0 Å². The van der Waals surface area contributed by atoms with Gasteiger partial charge in [0.15, 0.2) is 0 Å². The van der Waals surface area contributed by atoms with Gasteiger partial charge in [0, 0.05) is 12.5 Å². The molecule has 0 radical (unpaired) electrons. The van der Waals surface area contributed by atoms with E-state index in [0.717, 1.165) is 24.6 Å². The molecule has 1 amide bonds. The second-order valence-electron chi connectivity index (χ2n) is 6.76. The molecule has 0 spiro atoms. The van der Waals surface area contributed by atoms with Crippen LogP contribution in [-0.4, -0.2) is 11.7 Å². The molecule has 4 nitrogen and oxygen atoms in total. The number of Topliss-reactive ketones (excluding diaryl/α,β-unsaturated/α-hetero) is 1. The quantitative estimate of drug-likeness (QED) is 0.395. The van der Waals surface area contributed by atoms with E-state index in [2.05, 4.69) is 0 Å². The minimum absolute atomic E-state index is 0.134. The summed E-state index contributed by atoms with van der Waals surface area (Å²) >= 11 is 0. The highest BCUT2D eigenvalue weighted by atomic mass is 19.1. The molecule has 2 saturated carbocycles. The van der Waals surface area contributed by atoms with E-state index < -0.39 is 28.4 Å². The molecule has 0 saturated heterocycles. The van der Waals surface area contributed by atoms with Crippen molar-refractivity contribution in [2.75, 3.05) is 5.01 Å². The van der Waals surface area contributed by atoms with Crippen LogP contribution in [0.2, 0.25) is 0 Å². The number of hydrazine groups is 1. The number of hydrogen-bond acceptors (Lipinski definition) is 3. The van der Waals surface area contributed by atoms with Crippen LogP contribution in [0.4, 0.5) is 14.5 Å². The second-order valence-corrected chi connectivity index (χ2v) is 6.76. The fourth-order valence-corrected chi connectivity index (χ4v) is 4.16. The van der Waals surface area contributed by atoms with Crippen LogP contribution >= 0.6 is 0 Å². The molecular formula is C16H18F2N2O2. The molecule has 2 N–H and O–H groups in total. The highest BCUT2D eigenvalue weighted by Gasteiger charge is 2.69. The lowest BCUT2D eigenvalue weighted by Gasteiger charge is -2.37. The third-order valence-electron chi connectivity index (χ3n) is 5.65. The van der Waals surface area contributed by atoms with Crippen LogP contribution in [0.25, 0.3) is 0 Å². The first-order valence-corrected chi connectivity index (χ1v) is 7.29. The Balaban J connectivity index is 2.03. The molecule has 0 aliphatic heterocycles. The standard InChI is InChI=1S/C16H18F2N2O2/c1-15(2)9-5-6-16(15,13(21)7-9)14(22)20(19)12-8-10(17)3-4-11(12)18/h3-4,8-9H,5-7,19H2,1-2H3. The number of ketones is 1. The van der Waals surface area contributed by atoms with Gasteiger partial charge in [0.05, 0.1) is 5.69 Å². The van der Waals surface area contributed by atoms with E-state index in [1.807, 2.05) is 13.8 Å². The van der Waals surface area contributed by atoms with Gasteiger partial charge >= 0.3 is 0 Å². The summed E-state index contributed by atoms with van der Waals surface area (Å²) in [6.45, 7) is 3.76. The lowest BCUT2D eigenvalue weighted by atomic mass is 9.68. The van der Waals surface area contributed by atoms with E-state index in [9.17, 15) is 18.4 Å². The van der Waals surface area contributed by atoms with Gasteiger partial charge in [0.1, 0.15) is 22.8 Å². The second kappa shape index (κ2) is 4.59. The number of anilines is 1. The van der Waals surface area contributed by atoms with Gasteiger partial charge in [0.25, 0.3) is 5.91 Å². The van der Waals surface area contributed by atoms with E-state index in [-0.39, 0.29) is 17.4 Å². The molecule has 1 aromatic rings. The van der Waals surface area contributed by atoms with Gasteiger partial charge in [-0.15, -0.1) is 0 Å².